The number of hydrogen-bond acceptors (Lipinski definition) is 7. The van der Waals surface area contributed by atoms with E-state index in [0.29, 0.717) is 0 Å². The van der Waals surface area contributed by atoms with E-state index < -0.39 is 16.8 Å². The van der Waals surface area contributed by atoms with Crippen LogP contribution < -0.4 is 19.1 Å². The van der Waals surface area contributed by atoms with Gasteiger partial charge >= 0.3 is 0 Å². The first kappa shape index (κ1) is 42.1. The van der Waals surface area contributed by atoms with E-state index in [4.69, 9.17) is 18.9 Å². The van der Waals surface area contributed by atoms with Crippen molar-refractivity contribution in [2.24, 2.45) is 10.8 Å². The van der Waals surface area contributed by atoms with Crippen LogP contribution in [-0.4, -0.2) is 57.6 Å². The average molecular weight is 876 g/mol. The van der Waals surface area contributed by atoms with Gasteiger partial charge in [0.25, 0.3) is 0 Å². The van der Waals surface area contributed by atoms with Crippen molar-refractivity contribution in [2.45, 2.75) is 67.8 Å². The van der Waals surface area contributed by atoms with Crippen LogP contribution in [-0.2, 0) is 26.9 Å². The number of fused-ring (bicyclic) bond motifs is 10. The Hall–Kier alpha value is -4.86. The molecule has 6 aromatic carbocycles. The van der Waals surface area contributed by atoms with Crippen LogP contribution in [0.1, 0.15) is 74.8 Å². The third-order valence-electron chi connectivity index (χ3n) is 14.1. The van der Waals surface area contributed by atoms with Gasteiger partial charge in [0.1, 0.15) is 23.5 Å². The van der Waals surface area contributed by atoms with E-state index in [-0.39, 0.29) is 16.2 Å². The third kappa shape index (κ3) is 7.04. The molecule has 2 heterocycles. The molecule has 0 N–H and O–H groups in total. The van der Waals surface area contributed by atoms with Gasteiger partial charge in [-0.2, -0.15) is 0 Å². The van der Waals surface area contributed by atoms with Gasteiger partial charge in [0.05, 0.1) is 27.4 Å². The minimum atomic E-state index is -1.14. The van der Waals surface area contributed by atoms with E-state index >= 15 is 0 Å². The SMILES string of the molecule is COc1ccc(C2(c3ccc(OC)cc3)C=Cc3c4c(c5cc(SC)c(-c6ccc(N7CCOCC7)cc6)cc5c3O2)-c2ccc([S+](C)[O-])cc2C42CC(C)(C)CC(C)(C)C2)cc1. The number of thioether (sulfide) groups is 1. The fourth-order valence-corrected chi connectivity index (χ4v) is 13.3. The number of rotatable bonds is 8. The number of benzene rings is 6. The molecule has 2 fully saturated rings. The van der Waals surface area contributed by atoms with Crippen LogP contribution in [0.2, 0.25) is 0 Å². The lowest BCUT2D eigenvalue weighted by atomic mass is 9.52. The Morgan fingerprint density at radius 3 is 1.90 bits per heavy atom. The second-order valence-electron chi connectivity index (χ2n) is 19.5. The normalized spacial score (nSPS) is 19.2. The smallest absolute Gasteiger partial charge is 0.178 e. The summed E-state index contributed by atoms with van der Waals surface area (Å²) < 4.78 is 38.2. The van der Waals surface area contributed by atoms with Crippen LogP contribution in [0.5, 0.6) is 17.2 Å². The summed E-state index contributed by atoms with van der Waals surface area (Å²) >= 11 is 0.654. The summed E-state index contributed by atoms with van der Waals surface area (Å²) in [6, 6.07) is 37.1. The summed E-state index contributed by atoms with van der Waals surface area (Å²) in [7, 11) is 3.40. The maximum absolute atomic E-state index is 13.3. The van der Waals surface area contributed by atoms with E-state index in [9.17, 15) is 4.55 Å². The Kier molecular flexibility index (Phi) is 10.5. The number of hydrogen-bond donors (Lipinski definition) is 0. The van der Waals surface area contributed by atoms with Crippen LogP contribution in [0.25, 0.3) is 39.1 Å². The van der Waals surface area contributed by atoms with Crippen LogP contribution in [0.4, 0.5) is 5.69 Å². The molecular formula is C55H57NO5S2. The maximum atomic E-state index is 13.3. The Balaban J connectivity index is 1.29. The zero-order valence-electron chi connectivity index (χ0n) is 37.7. The molecule has 0 radical (unpaired) electrons. The fourth-order valence-electron chi connectivity index (χ4n) is 12.1. The minimum absolute atomic E-state index is 0.0424. The molecule has 4 aliphatic rings. The summed E-state index contributed by atoms with van der Waals surface area (Å²) in [4.78, 5) is 4.49. The molecule has 8 heteroatoms. The molecule has 2 aliphatic carbocycles. The molecule has 0 bridgehead atoms. The second kappa shape index (κ2) is 15.7. The minimum Gasteiger partial charge on any atom is -0.612 e. The van der Waals surface area contributed by atoms with Crippen molar-refractivity contribution in [2.75, 3.05) is 57.9 Å². The van der Waals surface area contributed by atoms with E-state index in [1.54, 1.807) is 32.2 Å². The Labute approximate surface area is 380 Å². The largest absolute Gasteiger partial charge is 0.612 e. The Morgan fingerprint density at radius 1 is 0.714 bits per heavy atom. The number of nitrogens with zero attached hydrogens (tertiary/aromatic N) is 1. The Bertz CT molecular complexity index is 2690. The van der Waals surface area contributed by atoms with Crippen molar-refractivity contribution in [3.8, 4) is 39.5 Å². The van der Waals surface area contributed by atoms with Crippen molar-refractivity contribution in [1.82, 2.24) is 0 Å². The molecule has 1 unspecified atom stereocenters. The summed E-state index contributed by atoms with van der Waals surface area (Å²) in [5.74, 6) is 2.45. The van der Waals surface area contributed by atoms with Crippen LogP contribution in [0, 0.1) is 10.8 Å². The maximum Gasteiger partial charge on any atom is 0.178 e. The number of methoxy groups -OCH3 is 2. The molecule has 6 nitrogen and oxygen atoms in total. The van der Waals surface area contributed by atoms with Crippen LogP contribution >= 0.6 is 11.8 Å². The lowest BCUT2D eigenvalue weighted by Crippen LogP contribution is -2.44. The van der Waals surface area contributed by atoms with Gasteiger partial charge in [0.2, 0.25) is 0 Å². The summed E-state index contributed by atoms with van der Waals surface area (Å²) in [5.41, 5.74) is 10.6. The van der Waals surface area contributed by atoms with Crippen LogP contribution in [0.15, 0.2) is 119 Å². The highest BCUT2D eigenvalue weighted by molar-refractivity contribution is 7.98. The molecule has 1 saturated carbocycles. The average Bonchev–Trinajstić information content (AvgIpc) is 3.55. The molecule has 6 aromatic rings. The van der Waals surface area contributed by atoms with E-state index in [1.165, 1.54) is 43.8 Å². The van der Waals surface area contributed by atoms with E-state index in [2.05, 4.69) is 130 Å². The highest BCUT2D eigenvalue weighted by atomic mass is 32.2. The van der Waals surface area contributed by atoms with Gasteiger partial charge in [-0.25, -0.2) is 0 Å². The van der Waals surface area contributed by atoms with Gasteiger partial charge in [-0.1, -0.05) is 70.2 Å². The molecule has 2 aliphatic heterocycles. The van der Waals surface area contributed by atoms with Gasteiger partial charge in [-0.3, -0.25) is 0 Å². The first-order valence-corrected chi connectivity index (χ1v) is 24.9. The monoisotopic (exact) mass is 875 g/mol. The van der Waals surface area contributed by atoms with Crippen molar-refractivity contribution in [1.29, 1.82) is 0 Å². The van der Waals surface area contributed by atoms with Gasteiger partial charge < -0.3 is 28.4 Å². The quantitative estimate of drug-likeness (QED) is 0.111. The van der Waals surface area contributed by atoms with Crippen molar-refractivity contribution >= 4 is 45.5 Å². The zero-order valence-corrected chi connectivity index (χ0v) is 39.4. The molecular weight excluding hydrogens is 819 g/mol. The molecule has 0 aromatic heterocycles. The predicted octanol–water partition coefficient (Wildman–Crippen LogP) is 12.7. The zero-order chi connectivity index (χ0) is 43.9. The van der Waals surface area contributed by atoms with Gasteiger partial charge in [0.15, 0.2) is 10.5 Å². The topological polar surface area (TPSA) is 63.2 Å². The first-order chi connectivity index (χ1) is 30.3. The standard InChI is InChI=1S/C55H57NO5S2/c1-52(2)32-53(3,4)34-54(33-52)47-29-41(63(8)57)21-22-42(47)49-45-31-48(62-7)44(35-9-15-38(16-10-35)56-25-27-60-28-26-56)30-46(45)51-43(50(49)54)23-24-55(61-51,36-11-17-39(58-5)18-12-36)37-13-19-40(59-6)20-14-37/h9-24,29-31H,25-28,32-34H2,1-8H3. The lowest BCUT2D eigenvalue weighted by Gasteiger charge is -2.52. The molecule has 324 valence electrons. The molecule has 1 saturated heterocycles. The van der Waals surface area contributed by atoms with Gasteiger partial charge in [-0.05, 0) is 159 Å². The predicted molar refractivity (Wildman–Crippen MR) is 261 cm³/mol. The molecule has 0 amide bonds. The molecule has 1 atom stereocenters. The molecule has 63 heavy (non-hydrogen) atoms. The van der Waals surface area contributed by atoms with Gasteiger partial charge in [0, 0.05) is 51.2 Å². The van der Waals surface area contributed by atoms with Crippen molar-refractivity contribution in [3.63, 3.8) is 0 Å². The fraction of sp³-hybridized carbons (Fsp3) is 0.345. The van der Waals surface area contributed by atoms with Crippen molar-refractivity contribution in [3.05, 3.63) is 137 Å². The summed E-state index contributed by atoms with van der Waals surface area (Å²) in [5, 5.41) is 2.25. The molecule has 10 rings (SSSR count). The lowest BCUT2D eigenvalue weighted by molar-refractivity contribution is 0.0641. The first-order valence-electron chi connectivity index (χ1n) is 22.1. The Morgan fingerprint density at radius 2 is 1.33 bits per heavy atom. The third-order valence-corrected chi connectivity index (χ3v) is 15.8. The second-order valence-corrected chi connectivity index (χ2v) is 21.7. The summed E-state index contributed by atoms with van der Waals surface area (Å²) in [6.45, 7) is 13.0. The number of anilines is 1. The van der Waals surface area contributed by atoms with Gasteiger partial charge in [-0.15, -0.1) is 11.8 Å². The number of morpholine rings is 1. The number of ether oxygens (including phenoxy) is 4. The van der Waals surface area contributed by atoms with Crippen LogP contribution in [0.3, 0.4) is 0 Å². The molecule has 1 spiro atoms. The van der Waals surface area contributed by atoms with Crippen molar-refractivity contribution < 1.29 is 23.5 Å². The highest BCUT2D eigenvalue weighted by Crippen LogP contribution is 2.67. The van der Waals surface area contributed by atoms with E-state index in [1.807, 2.05) is 24.3 Å². The summed E-state index contributed by atoms with van der Waals surface area (Å²) in [6.07, 6.45) is 11.7. The highest BCUT2D eigenvalue weighted by Gasteiger charge is 2.56. The van der Waals surface area contributed by atoms with E-state index in [0.717, 1.165) is 95.3 Å².